The molecule has 1 fully saturated rings. The highest BCUT2D eigenvalue weighted by molar-refractivity contribution is 7.93. The second-order valence-electron chi connectivity index (χ2n) is 7.65. The van der Waals surface area contributed by atoms with Crippen LogP contribution in [-0.2, 0) is 14.6 Å². The van der Waals surface area contributed by atoms with Crippen molar-refractivity contribution in [3.05, 3.63) is 41.6 Å². The molecule has 1 aromatic carbocycles. The SMILES string of the molecule is NC1=NC(c2ccc(NC(=O)NCCF)cc2)NC(C2(S(=O)(=O)CCCOC(F)F)CC2)=C1. The van der Waals surface area contributed by atoms with Crippen LogP contribution in [0.25, 0.3) is 0 Å². The van der Waals surface area contributed by atoms with E-state index in [1.807, 2.05) is 0 Å². The molecule has 0 spiro atoms. The van der Waals surface area contributed by atoms with Gasteiger partial charge >= 0.3 is 12.6 Å². The number of carbonyl (C=O) groups excluding carboxylic acids is 1. The number of rotatable bonds is 11. The minimum atomic E-state index is -3.65. The molecule has 1 aliphatic heterocycles. The molecule has 1 atom stereocenters. The van der Waals surface area contributed by atoms with E-state index >= 15 is 0 Å². The van der Waals surface area contributed by atoms with E-state index in [2.05, 4.69) is 25.7 Å². The number of amidine groups is 1. The second-order valence-corrected chi connectivity index (χ2v) is 10.1. The number of alkyl halides is 3. The lowest BCUT2D eigenvalue weighted by Crippen LogP contribution is -2.40. The number of benzene rings is 1. The Morgan fingerprint density at radius 2 is 2.00 bits per heavy atom. The standard InChI is InChI=1S/C20H26F3N5O4S/c21-8-9-25-19(29)26-14-4-2-13(3-5-14)17-27-15(12-16(24)28-17)20(6-7-20)33(30,31)11-1-10-32-18(22)23/h2-5,12,17-18,27H,1,6-11H2,(H2,24,28)(H2,25,26,29). The average Bonchev–Trinajstić information content (AvgIpc) is 3.58. The Morgan fingerprint density at radius 1 is 1.30 bits per heavy atom. The quantitative estimate of drug-likeness (QED) is 0.352. The van der Waals surface area contributed by atoms with Gasteiger partial charge in [0, 0.05) is 24.0 Å². The first-order valence-corrected chi connectivity index (χ1v) is 12.0. The van der Waals surface area contributed by atoms with Crippen LogP contribution in [0.1, 0.15) is 31.0 Å². The van der Waals surface area contributed by atoms with Crippen LogP contribution in [-0.4, -0.2) is 57.2 Å². The first-order chi connectivity index (χ1) is 15.7. The summed E-state index contributed by atoms with van der Waals surface area (Å²) in [6, 6.07) is 6.10. The van der Waals surface area contributed by atoms with Gasteiger partial charge in [0.05, 0.1) is 12.4 Å². The number of urea groups is 1. The number of aliphatic imine (C=N–C) groups is 1. The molecular formula is C20H26F3N5O4S. The van der Waals surface area contributed by atoms with Gasteiger partial charge in [-0.1, -0.05) is 12.1 Å². The third-order valence-corrected chi connectivity index (χ3v) is 7.96. The minimum Gasteiger partial charge on any atom is -0.384 e. The summed E-state index contributed by atoms with van der Waals surface area (Å²) < 4.78 is 65.3. The third kappa shape index (κ3) is 6.16. The van der Waals surface area contributed by atoms with Gasteiger partial charge in [0.15, 0.2) is 9.84 Å². The van der Waals surface area contributed by atoms with Gasteiger partial charge < -0.3 is 26.4 Å². The number of sulfone groups is 1. The minimum absolute atomic E-state index is 0.0396. The lowest BCUT2D eigenvalue weighted by Gasteiger charge is -2.28. The molecule has 2 aliphatic rings. The maximum Gasteiger partial charge on any atom is 0.345 e. The second kappa shape index (κ2) is 10.4. The maximum atomic E-state index is 13.0. The van der Waals surface area contributed by atoms with Gasteiger partial charge in [-0.2, -0.15) is 8.78 Å². The van der Waals surface area contributed by atoms with Crippen molar-refractivity contribution in [1.82, 2.24) is 10.6 Å². The van der Waals surface area contributed by atoms with Gasteiger partial charge in [0.2, 0.25) is 0 Å². The molecule has 3 rings (SSSR count). The van der Waals surface area contributed by atoms with Gasteiger partial charge in [0.25, 0.3) is 0 Å². The zero-order chi connectivity index (χ0) is 24.1. The molecule has 0 radical (unpaired) electrons. The fourth-order valence-corrected chi connectivity index (χ4v) is 5.60. The number of hydrogen-bond acceptors (Lipinski definition) is 7. The molecule has 9 nitrogen and oxygen atoms in total. The topological polar surface area (TPSA) is 135 Å². The van der Waals surface area contributed by atoms with E-state index in [4.69, 9.17) is 5.73 Å². The number of hydrogen-bond donors (Lipinski definition) is 4. The Kier molecular flexibility index (Phi) is 7.84. The molecule has 182 valence electrons. The van der Waals surface area contributed by atoms with Gasteiger partial charge in [-0.25, -0.2) is 22.6 Å². The van der Waals surface area contributed by atoms with E-state index < -0.39 is 40.1 Å². The van der Waals surface area contributed by atoms with Crippen molar-refractivity contribution in [2.45, 2.75) is 36.8 Å². The number of ether oxygens (including phenoxy) is 1. The lowest BCUT2D eigenvalue weighted by molar-refractivity contribution is -0.128. The molecule has 1 unspecified atom stereocenters. The predicted molar refractivity (Wildman–Crippen MR) is 117 cm³/mol. The molecule has 1 aliphatic carbocycles. The van der Waals surface area contributed by atoms with E-state index in [-0.39, 0.29) is 31.2 Å². The molecule has 1 heterocycles. The van der Waals surface area contributed by atoms with Crippen LogP contribution < -0.4 is 21.7 Å². The van der Waals surface area contributed by atoms with Crippen molar-refractivity contribution >= 4 is 27.4 Å². The number of carbonyl (C=O) groups is 1. The van der Waals surface area contributed by atoms with E-state index in [1.165, 1.54) is 6.08 Å². The van der Waals surface area contributed by atoms with Crippen molar-refractivity contribution in [2.75, 3.05) is 30.9 Å². The van der Waals surface area contributed by atoms with Crippen LogP contribution in [0.15, 0.2) is 41.0 Å². The monoisotopic (exact) mass is 489 g/mol. The Bertz CT molecular complexity index is 1010. The fourth-order valence-electron chi connectivity index (χ4n) is 3.54. The van der Waals surface area contributed by atoms with Crippen molar-refractivity contribution in [2.24, 2.45) is 10.7 Å². The summed E-state index contributed by atoms with van der Waals surface area (Å²) in [5.41, 5.74) is 7.53. The van der Waals surface area contributed by atoms with E-state index in [1.54, 1.807) is 24.3 Å². The predicted octanol–water partition coefficient (Wildman–Crippen LogP) is 2.20. The number of nitrogens with two attached hydrogens (primary N) is 1. The third-order valence-electron chi connectivity index (χ3n) is 5.32. The molecule has 0 aromatic heterocycles. The Balaban J connectivity index is 1.66. The van der Waals surface area contributed by atoms with Gasteiger partial charge in [-0.05, 0) is 37.0 Å². The van der Waals surface area contributed by atoms with E-state index in [0.717, 1.165) is 0 Å². The summed E-state index contributed by atoms with van der Waals surface area (Å²) in [7, 11) is -3.65. The largest absolute Gasteiger partial charge is 0.384 e. The van der Waals surface area contributed by atoms with Crippen molar-refractivity contribution in [3.8, 4) is 0 Å². The molecular weight excluding hydrogens is 463 g/mol. The molecule has 13 heteroatoms. The van der Waals surface area contributed by atoms with Crippen LogP contribution in [0.2, 0.25) is 0 Å². The summed E-state index contributed by atoms with van der Waals surface area (Å²) in [5, 5.41) is 8.04. The first-order valence-electron chi connectivity index (χ1n) is 10.3. The highest BCUT2D eigenvalue weighted by atomic mass is 32.2. The number of nitrogens with one attached hydrogen (secondary N) is 3. The Morgan fingerprint density at radius 3 is 2.61 bits per heavy atom. The van der Waals surface area contributed by atoms with Crippen LogP contribution >= 0.6 is 0 Å². The molecule has 33 heavy (non-hydrogen) atoms. The van der Waals surface area contributed by atoms with Crippen LogP contribution in [0.3, 0.4) is 0 Å². The van der Waals surface area contributed by atoms with E-state index in [9.17, 15) is 26.4 Å². The summed E-state index contributed by atoms with van der Waals surface area (Å²) >= 11 is 0. The maximum absolute atomic E-state index is 13.0. The zero-order valence-corrected chi connectivity index (χ0v) is 18.5. The summed E-state index contributed by atoms with van der Waals surface area (Å²) in [5.74, 6) is -0.130. The summed E-state index contributed by atoms with van der Waals surface area (Å²) in [6.45, 7) is -4.05. The van der Waals surface area contributed by atoms with Crippen molar-refractivity contribution in [1.29, 1.82) is 0 Å². The number of anilines is 1. The molecule has 5 N–H and O–H groups in total. The smallest absolute Gasteiger partial charge is 0.345 e. The van der Waals surface area contributed by atoms with Crippen LogP contribution in [0.5, 0.6) is 0 Å². The molecule has 1 aromatic rings. The molecule has 2 amide bonds. The van der Waals surface area contributed by atoms with Crippen LogP contribution in [0.4, 0.5) is 23.7 Å². The zero-order valence-electron chi connectivity index (χ0n) is 17.7. The van der Waals surface area contributed by atoms with Crippen LogP contribution in [0, 0.1) is 0 Å². The highest BCUT2D eigenvalue weighted by Crippen LogP contribution is 2.50. The van der Waals surface area contributed by atoms with Gasteiger partial charge in [-0.3, -0.25) is 0 Å². The summed E-state index contributed by atoms with van der Waals surface area (Å²) in [4.78, 5) is 16.0. The molecule has 0 saturated heterocycles. The summed E-state index contributed by atoms with van der Waals surface area (Å²) in [6.07, 6.45) is 1.58. The molecule has 1 saturated carbocycles. The molecule has 0 bridgehead atoms. The lowest BCUT2D eigenvalue weighted by atomic mass is 10.1. The number of nitrogens with zero attached hydrogens (tertiary/aromatic N) is 1. The number of amides is 2. The number of halogens is 3. The normalized spacial score (nSPS) is 19.3. The average molecular weight is 490 g/mol. The highest BCUT2D eigenvalue weighted by Gasteiger charge is 2.57. The van der Waals surface area contributed by atoms with Gasteiger partial charge in [0.1, 0.15) is 23.4 Å². The van der Waals surface area contributed by atoms with E-state index in [0.29, 0.717) is 29.8 Å². The first kappa shape index (κ1) is 24.8. The van der Waals surface area contributed by atoms with Gasteiger partial charge in [-0.15, -0.1) is 0 Å². The van der Waals surface area contributed by atoms with Crippen molar-refractivity contribution < 1.29 is 31.1 Å². The van der Waals surface area contributed by atoms with Crippen molar-refractivity contribution in [3.63, 3.8) is 0 Å². The fraction of sp³-hybridized carbons (Fsp3) is 0.500. The Hall–Kier alpha value is -2.80. The Labute approximate surface area is 189 Å².